The second-order valence-electron chi connectivity index (χ2n) is 5.59. The molecule has 0 aliphatic carbocycles. The van der Waals surface area contributed by atoms with Crippen LogP contribution in [0.25, 0.3) is 0 Å². The monoisotopic (exact) mass is 261 g/mol. The van der Waals surface area contributed by atoms with Crippen molar-refractivity contribution in [2.75, 3.05) is 42.9 Å². The number of aromatic nitrogens is 2. The number of hydrogen-bond acceptors (Lipinski definition) is 5. The molecule has 0 amide bonds. The molecule has 1 unspecified atom stereocenters. The van der Waals surface area contributed by atoms with Crippen LogP contribution in [0.3, 0.4) is 0 Å². The lowest BCUT2D eigenvalue weighted by atomic mass is 10.1. The molecule has 0 saturated carbocycles. The molecule has 0 aromatic carbocycles. The Morgan fingerprint density at radius 3 is 2.95 bits per heavy atom. The lowest BCUT2D eigenvalue weighted by Crippen LogP contribution is -2.21. The van der Waals surface area contributed by atoms with E-state index in [1.165, 1.54) is 19.3 Å². The molecule has 104 valence electrons. The van der Waals surface area contributed by atoms with Crippen molar-refractivity contribution in [1.29, 1.82) is 0 Å². The second-order valence-corrected chi connectivity index (χ2v) is 5.59. The molecule has 0 bridgehead atoms. The highest BCUT2D eigenvalue weighted by Crippen LogP contribution is 2.21. The molecule has 1 atom stereocenters. The minimum Gasteiger partial charge on any atom is -0.370 e. The van der Waals surface area contributed by atoms with E-state index in [4.69, 9.17) is 0 Å². The van der Waals surface area contributed by atoms with Crippen molar-refractivity contribution in [3.63, 3.8) is 0 Å². The van der Waals surface area contributed by atoms with Gasteiger partial charge >= 0.3 is 0 Å². The van der Waals surface area contributed by atoms with Crippen LogP contribution < -0.4 is 15.5 Å². The average molecular weight is 261 g/mol. The first-order valence-electron chi connectivity index (χ1n) is 7.36. The fourth-order valence-electron chi connectivity index (χ4n) is 2.89. The van der Waals surface area contributed by atoms with Crippen molar-refractivity contribution in [3.05, 3.63) is 11.9 Å². The van der Waals surface area contributed by atoms with Crippen molar-refractivity contribution in [2.45, 2.75) is 26.2 Å². The second kappa shape index (κ2) is 5.74. The Bertz CT molecular complexity index is 422. The van der Waals surface area contributed by atoms with Crippen LogP contribution in [0.1, 0.15) is 25.1 Å². The van der Waals surface area contributed by atoms with Gasteiger partial charge in [-0.25, -0.2) is 9.97 Å². The number of nitrogens with one attached hydrogen (secondary N) is 2. The number of hydrogen-bond donors (Lipinski definition) is 2. The zero-order chi connectivity index (χ0) is 13.1. The molecule has 3 rings (SSSR count). The summed E-state index contributed by atoms with van der Waals surface area (Å²) in [6.45, 7) is 7.50. The molecule has 2 saturated heterocycles. The van der Waals surface area contributed by atoms with Crippen LogP contribution in [-0.2, 0) is 0 Å². The van der Waals surface area contributed by atoms with Gasteiger partial charge in [-0.1, -0.05) is 0 Å². The number of anilines is 2. The Morgan fingerprint density at radius 1 is 1.37 bits per heavy atom. The van der Waals surface area contributed by atoms with Crippen LogP contribution in [0, 0.1) is 12.8 Å². The summed E-state index contributed by atoms with van der Waals surface area (Å²) in [7, 11) is 0. The van der Waals surface area contributed by atoms with E-state index in [0.29, 0.717) is 0 Å². The first kappa shape index (κ1) is 12.7. The number of nitrogens with zero attached hydrogens (tertiary/aromatic N) is 3. The van der Waals surface area contributed by atoms with Crippen LogP contribution in [0.4, 0.5) is 11.6 Å². The summed E-state index contributed by atoms with van der Waals surface area (Å²) < 4.78 is 0. The summed E-state index contributed by atoms with van der Waals surface area (Å²) in [5, 5.41) is 6.87. The molecule has 0 spiro atoms. The van der Waals surface area contributed by atoms with Gasteiger partial charge in [-0.2, -0.15) is 0 Å². The van der Waals surface area contributed by atoms with E-state index in [0.717, 1.165) is 56.1 Å². The number of rotatable bonds is 4. The molecule has 1 aromatic rings. The molecule has 2 fully saturated rings. The van der Waals surface area contributed by atoms with Crippen LogP contribution in [0.2, 0.25) is 0 Å². The van der Waals surface area contributed by atoms with Crippen LogP contribution in [0.15, 0.2) is 6.07 Å². The molecular weight excluding hydrogens is 238 g/mol. The molecule has 3 heterocycles. The van der Waals surface area contributed by atoms with Crippen LogP contribution in [0.5, 0.6) is 0 Å². The zero-order valence-corrected chi connectivity index (χ0v) is 11.7. The molecule has 1 aromatic heterocycles. The van der Waals surface area contributed by atoms with Gasteiger partial charge in [-0.15, -0.1) is 0 Å². The summed E-state index contributed by atoms with van der Waals surface area (Å²) in [6, 6.07) is 2.10. The third-order valence-electron chi connectivity index (χ3n) is 3.99. The zero-order valence-electron chi connectivity index (χ0n) is 11.7. The normalized spacial score (nSPS) is 23.0. The van der Waals surface area contributed by atoms with E-state index in [1.807, 2.05) is 6.92 Å². The van der Waals surface area contributed by atoms with Gasteiger partial charge in [0, 0.05) is 25.7 Å². The Hall–Kier alpha value is -1.36. The quantitative estimate of drug-likeness (QED) is 0.858. The predicted octanol–water partition coefficient (Wildman–Crippen LogP) is 1.41. The van der Waals surface area contributed by atoms with Gasteiger partial charge in [-0.05, 0) is 45.2 Å². The van der Waals surface area contributed by atoms with Crippen molar-refractivity contribution >= 4 is 11.6 Å². The molecule has 2 N–H and O–H groups in total. The molecule has 19 heavy (non-hydrogen) atoms. The summed E-state index contributed by atoms with van der Waals surface area (Å²) in [5.74, 6) is 3.64. The van der Waals surface area contributed by atoms with Crippen molar-refractivity contribution in [3.8, 4) is 0 Å². The summed E-state index contributed by atoms with van der Waals surface area (Å²) in [6.07, 6.45) is 3.81. The minimum absolute atomic E-state index is 0.727. The van der Waals surface area contributed by atoms with Gasteiger partial charge in [0.15, 0.2) is 0 Å². The molecule has 2 aliphatic heterocycles. The van der Waals surface area contributed by atoms with E-state index in [2.05, 4.69) is 31.6 Å². The Morgan fingerprint density at radius 2 is 2.21 bits per heavy atom. The largest absolute Gasteiger partial charge is 0.370 e. The number of aryl methyl sites for hydroxylation is 1. The van der Waals surface area contributed by atoms with E-state index in [1.54, 1.807) is 0 Å². The maximum absolute atomic E-state index is 4.56. The first-order chi connectivity index (χ1) is 9.31. The molecule has 5 nitrogen and oxygen atoms in total. The Labute approximate surface area is 114 Å². The van der Waals surface area contributed by atoms with Gasteiger partial charge in [0.1, 0.15) is 17.5 Å². The van der Waals surface area contributed by atoms with Gasteiger partial charge in [0.25, 0.3) is 0 Å². The lowest BCUT2D eigenvalue weighted by molar-refractivity contribution is 0.614. The first-order valence-corrected chi connectivity index (χ1v) is 7.36. The highest BCUT2D eigenvalue weighted by atomic mass is 15.2. The fourth-order valence-corrected chi connectivity index (χ4v) is 2.89. The highest BCUT2D eigenvalue weighted by Gasteiger charge is 2.17. The summed E-state index contributed by atoms with van der Waals surface area (Å²) in [5.41, 5.74) is 0. The van der Waals surface area contributed by atoms with E-state index >= 15 is 0 Å². The average Bonchev–Trinajstić information content (AvgIpc) is 3.09. The van der Waals surface area contributed by atoms with E-state index in [-0.39, 0.29) is 0 Å². The minimum atomic E-state index is 0.727. The molecular formula is C14H23N5. The lowest BCUT2D eigenvalue weighted by Gasteiger charge is -2.18. The maximum atomic E-state index is 4.56. The standard InChI is InChI=1S/C14H23N5/c1-11-17-13(16-10-12-4-5-15-9-12)8-14(18-11)19-6-2-3-7-19/h8,12,15H,2-7,9-10H2,1H3,(H,16,17,18). The van der Waals surface area contributed by atoms with Crippen LogP contribution >= 0.6 is 0 Å². The maximum Gasteiger partial charge on any atom is 0.134 e. The van der Waals surface area contributed by atoms with Gasteiger partial charge in [-0.3, -0.25) is 0 Å². The molecule has 2 aliphatic rings. The summed E-state index contributed by atoms with van der Waals surface area (Å²) in [4.78, 5) is 11.4. The molecule has 5 heteroatoms. The SMILES string of the molecule is Cc1nc(NCC2CCNC2)cc(N2CCCC2)n1. The fraction of sp³-hybridized carbons (Fsp3) is 0.714. The Balaban J connectivity index is 1.66. The summed E-state index contributed by atoms with van der Waals surface area (Å²) >= 11 is 0. The molecule has 0 radical (unpaired) electrons. The van der Waals surface area contributed by atoms with Crippen molar-refractivity contribution < 1.29 is 0 Å². The van der Waals surface area contributed by atoms with Crippen molar-refractivity contribution in [1.82, 2.24) is 15.3 Å². The highest BCUT2D eigenvalue weighted by molar-refractivity contribution is 5.49. The van der Waals surface area contributed by atoms with E-state index < -0.39 is 0 Å². The third-order valence-corrected chi connectivity index (χ3v) is 3.99. The van der Waals surface area contributed by atoms with Gasteiger partial charge in [0.05, 0.1) is 0 Å². The Kier molecular flexibility index (Phi) is 3.82. The van der Waals surface area contributed by atoms with E-state index in [9.17, 15) is 0 Å². The van der Waals surface area contributed by atoms with Gasteiger partial charge in [0.2, 0.25) is 0 Å². The topological polar surface area (TPSA) is 53.1 Å². The van der Waals surface area contributed by atoms with Gasteiger partial charge < -0.3 is 15.5 Å². The smallest absolute Gasteiger partial charge is 0.134 e. The van der Waals surface area contributed by atoms with Crippen molar-refractivity contribution in [2.24, 2.45) is 5.92 Å². The van der Waals surface area contributed by atoms with Crippen LogP contribution in [-0.4, -0.2) is 42.7 Å². The third kappa shape index (κ3) is 3.15. The predicted molar refractivity (Wildman–Crippen MR) is 77.7 cm³/mol.